The lowest BCUT2D eigenvalue weighted by Gasteiger charge is -2.38. The lowest BCUT2D eigenvalue weighted by atomic mass is 9.68. The second-order valence-corrected chi connectivity index (χ2v) is 6.44. The number of benzene rings is 1. The standard InChI is InChI=1S/C17H25NO2/c1-17(2)11-7-6-10-14(17)16(20)18-15(12-19)13-8-4-3-5-9-13/h3-5,8-9,14-15,19H,6-7,10-12H2,1-2H3,(H,18,20). The quantitative estimate of drug-likeness (QED) is 0.887. The highest BCUT2D eigenvalue weighted by molar-refractivity contribution is 5.80. The van der Waals surface area contributed by atoms with Crippen LogP contribution in [0.5, 0.6) is 0 Å². The van der Waals surface area contributed by atoms with E-state index < -0.39 is 0 Å². The van der Waals surface area contributed by atoms with Gasteiger partial charge in [-0.3, -0.25) is 4.79 Å². The van der Waals surface area contributed by atoms with E-state index in [1.165, 1.54) is 6.42 Å². The van der Waals surface area contributed by atoms with Crippen LogP contribution in [-0.4, -0.2) is 17.6 Å². The Morgan fingerprint density at radius 1 is 1.35 bits per heavy atom. The molecule has 1 aromatic carbocycles. The third-order valence-electron chi connectivity index (χ3n) is 4.52. The maximum absolute atomic E-state index is 12.5. The fourth-order valence-corrected chi connectivity index (χ4v) is 3.17. The monoisotopic (exact) mass is 275 g/mol. The zero-order chi connectivity index (χ0) is 14.6. The van der Waals surface area contributed by atoms with Gasteiger partial charge in [-0.1, -0.05) is 57.0 Å². The molecule has 3 heteroatoms. The molecule has 1 saturated carbocycles. The largest absolute Gasteiger partial charge is 0.394 e. The first-order valence-electron chi connectivity index (χ1n) is 7.51. The zero-order valence-electron chi connectivity index (χ0n) is 12.4. The fraction of sp³-hybridized carbons (Fsp3) is 0.588. The molecule has 3 nitrogen and oxygen atoms in total. The van der Waals surface area contributed by atoms with E-state index in [9.17, 15) is 9.90 Å². The van der Waals surface area contributed by atoms with Crippen molar-refractivity contribution in [3.8, 4) is 0 Å². The predicted molar refractivity (Wildman–Crippen MR) is 80.2 cm³/mol. The molecule has 110 valence electrons. The number of hydrogen-bond donors (Lipinski definition) is 2. The summed E-state index contributed by atoms with van der Waals surface area (Å²) in [6.07, 6.45) is 4.38. The first kappa shape index (κ1) is 15.0. The van der Waals surface area contributed by atoms with Crippen molar-refractivity contribution in [1.82, 2.24) is 5.32 Å². The summed E-state index contributed by atoms with van der Waals surface area (Å²) in [5.41, 5.74) is 1.01. The summed E-state index contributed by atoms with van der Waals surface area (Å²) >= 11 is 0. The average Bonchev–Trinajstić information content (AvgIpc) is 2.45. The van der Waals surface area contributed by atoms with Crippen LogP contribution >= 0.6 is 0 Å². The van der Waals surface area contributed by atoms with Crippen LogP contribution in [0, 0.1) is 11.3 Å². The van der Waals surface area contributed by atoms with Gasteiger partial charge < -0.3 is 10.4 Å². The Balaban J connectivity index is 2.06. The summed E-state index contributed by atoms with van der Waals surface area (Å²) < 4.78 is 0. The predicted octanol–water partition coefficient (Wildman–Crippen LogP) is 3.05. The van der Waals surface area contributed by atoms with E-state index in [4.69, 9.17) is 0 Å². The summed E-state index contributed by atoms with van der Waals surface area (Å²) in [4.78, 5) is 12.5. The van der Waals surface area contributed by atoms with Crippen molar-refractivity contribution in [3.05, 3.63) is 35.9 Å². The average molecular weight is 275 g/mol. The SMILES string of the molecule is CC1(C)CCCCC1C(=O)NC(CO)c1ccccc1. The molecular weight excluding hydrogens is 250 g/mol. The third-order valence-corrected chi connectivity index (χ3v) is 4.52. The van der Waals surface area contributed by atoms with E-state index in [-0.39, 0.29) is 29.9 Å². The number of aliphatic hydroxyl groups is 1. The van der Waals surface area contributed by atoms with E-state index in [2.05, 4.69) is 19.2 Å². The van der Waals surface area contributed by atoms with Gasteiger partial charge in [0.05, 0.1) is 12.6 Å². The number of aliphatic hydroxyl groups excluding tert-OH is 1. The molecule has 2 N–H and O–H groups in total. The maximum Gasteiger partial charge on any atom is 0.224 e. The van der Waals surface area contributed by atoms with Gasteiger partial charge in [0.2, 0.25) is 5.91 Å². The Bertz CT molecular complexity index is 442. The van der Waals surface area contributed by atoms with Gasteiger partial charge in [0.1, 0.15) is 0 Å². The maximum atomic E-state index is 12.5. The van der Waals surface area contributed by atoms with E-state index >= 15 is 0 Å². The summed E-state index contributed by atoms with van der Waals surface area (Å²) in [6.45, 7) is 4.28. The molecule has 0 bridgehead atoms. The van der Waals surface area contributed by atoms with Crippen LogP contribution in [0.2, 0.25) is 0 Å². The number of amides is 1. The van der Waals surface area contributed by atoms with Gasteiger partial charge in [-0.2, -0.15) is 0 Å². The molecule has 0 aliphatic heterocycles. The molecular formula is C17H25NO2. The van der Waals surface area contributed by atoms with Crippen LogP contribution in [0.3, 0.4) is 0 Å². The van der Waals surface area contributed by atoms with Crippen molar-refractivity contribution in [2.75, 3.05) is 6.61 Å². The fourth-order valence-electron chi connectivity index (χ4n) is 3.17. The minimum atomic E-state index is -0.304. The highest BCUT2D eigenvalue weighted by Crippen LogP contribution is 2.40. The number of hydrogen-bond acceptors (Lipinski definition) is 2. The van der Waals surface area contributed by atoms with Gasteiger partial charge in [0.15, 0.2) is 0 Å². The normalized spacial score (nSPS) is 23.1. The molecule has 0 heterocycles. The highest BCUT2D eigenvalue weighted by Gasteiger charge is 2.37. The Kier molecular flexibility index (Phi) is 4.81. The Hall–Kier alpha value is -1.35. The lowest BCUT2D eigenvalue weighted by molar-refractivity contribution is -0.131. The first-order chi connectivity index (χ1) is 9.54. The molecule has 0 saturated heterocycles. The van der Waals surface area contributed by atoms with Gasteiger partial charge in [-0.15, -0.1) is 0 Å². The Labute approximate surface area is 121 Å². The minimum Gasteiger partial charge on any atom is -0.394 e. The van der Waals surface area contributed by atoms with E-state index in [0.29, 0.717) is 0 Å². The minimum absolute atomic E-state index is 0.0500. The van der Waals surface area contributed by atoms with Crippen molar-refractivity contribution < 1.29 is 9.90 Å². The number of nitrogens with one attached hydrogen (secondary N) is 1. The topological polar surface area (TPSA) is 49.3 Å². The molecule has 0 spiro atoms. The summed E-state index contributed by atoms with van der Waals surface area (Å²) in [5.74, 6) is 0.131. The van der Waals surface area contributed by atoms with E-state index in [1.807, 2.05) is 30.3 Å². The molecule has 1 amide bonds. The second-order valence-electron chi connectivity index (χ2n) is 6.44. The van der Waals surface area contributed by atoms with Gasteiger partial charge in [0, 0.05) is 5.92 Å². The van der Waals surface area contributed by atoms with Crippen molar-refractivity contribution >= 4 is 5.91 Å². The lowest BCUT2D eigenvalue weighted by Crippen LogP contribution is -2.43. The molecule has 2 atom stereocenters. The van der Waals surface area contributed by atoms with E-state index in [0.717, 1.165) is 24.8 Å². The zero-order valence-corrected chi connectivity index (χ0v) is 12.4. The molecule has 1 aliphatic carbocycles. The van der Waals surface area contributed by atoms with Crippen LogP contribution in [0.4, 0.5) is 0 Å². The number of rotatable bonds is 4. The van der Waals surface area contributed by atoms with Gasteiger partial charge in [0.25, 0.3) is 0 Å². The molecule has 1 aromatic rings. The summed E-state index contributed by atoms with van der Waals surface area (Å²) in [7, 11) is 0. The van der Waals surface area contributed by atoms with E-state index in [1.54, 1.807) is 0 Å². The Morgan fingerprint density at radius 3 is 2.65 bits per heavy atom. The number of carbonyl (C=O) groups excluding carboxylic acids is 1. The van der Waals surface area contributed by atoms with Crippen molar-refractivity contribution in [2.24, 2.45) is 11.3 Å². The van der Waals surface area contributed by atoms with Crippen molar-refractivity contribution in [2.45, 2.75) is 45.6 Å². The van der Waals surface area contributed by atoms with Crippen LogP contribution in [0.25, 0.3) is 0 Å². The molecule has 1 fully saturated rings. The molecule has 2 rings (SSSR count). The summed E-state index contributed by atoms with van der Waals surface area (Å²) in [5, 5.41) is 12.6. The highest BCUT2D eigenvalue weighted by atomic mass is 16.3. The molecule has 1 aliphatic rings. The third kappa shape index (κ3) is 3.40. The van der Waals surface area contributed by atoms with Crippen LogP contribution < -0.4 is 5.32 Å². The Morgan fingerprint density at radius 2 is 2.05 bits per heavy atom. The molecule has 2 unspecified atom stereocenters. The number of carbonyl (C=O) groups is 1. The van der Waals surface area contributed by atoms with Crippen LogP contribution in [0.15, 0.2) is 30.3 Å². The molecule has 0 aromatic heterocycles. The van der Waals surface area contributed by atoms with Crippen LogP contribution in [-0.2, 0) is 4.79 Å². The molecule has 0 radical (unpaired) electrons. The van der Waals surface area contributed by atoms with Crippen molar-refractivity contribution in [1.29, 1.82) is 0 Å². The smallest absolute Gasteiger partial charge is 0.224 e. The van der Waals surface area contributed by atoms with Gasteiger partial charge in [-0.25, -0.2) is 0 Å². The van der Waals surface area contributed by atoms with Crippen molar-refractivity contribution in [3.63, 3.8) is 0 Å². The van der Waals surface area contributed by atoms with Crippen LogP contribution in [0.1, 0.15) is 51.1 Å². The first-order valence-corrected chi connectivity index (χ1v) is 7.51. The van der Waals surface area contributed by atoms with Gasteiger partial charge in [-0.05, 0) is 23.8 Å². The second kappa shape index (κ2) is 6.40. The van der Waals surface area contributed by atoms with Gasteiger partial charge >= 0.3 is 0 Å². The summed E-state index contributed by atoms with van der Waals surface area (Å²) in [6, 6.07) is 9.36. The molecule has 20 heavy (non-hydrogen) atoms.